The van der Waals surface area contributed by atoms with Gasteiger partial charge in [-0.15, -0.1) is 11.3 Å². The summed E-state index contributed by atoms with van der Waals surface area (Å²) in [6, 6.07) is 10.5. The van der Waals surface area contributed by atoms with Crippen LogP contribution in [0.25, 0.3) is 11.3 Å². The summed E-state index contributed by atoms with van der Waals surface area (Å²) < 4.78 is 1.29. The predicted molar refractivity (Wildman–Crippen MR) is 107 cm³/mol. The molecule has 138 valence electrons. The number of carbonyl (C=O) groups is 1. The fourth-order valence-corrected chi connectivity index (χ4v) is 4.61. The highest BCUT2D eigenvalue weighted by molar-refractivity contribution is 7.10. The van der Waals surface area contributed by atoms with Crippen molar-refractivity contribution in [2.24, 2.45) is 7.05 Å². The van der Waals surface area contributed by atoms with Gasteiger partial charge in [0.25, 0.3) is 11.5 Å². The molecule has 2 heterocycles. The Hall–Kier alpha value is -2.73. The number of carbonyl (C=O) groups excluding carboxylic acids is 1. The molecule has 1 N–H and O–H groups in total. The highest BCUT2D eigenvalue weighted by Gasteiger charge is 2.16. The van der Waals surface area contributed by atoms with Crippen LogP contribution in [0, 0.1) is 0 Å². The number of nitrogens with one attached hydrogen (secondary N) is 1. The number of hydrogen-bond donors (Lipinski definition) is 1. The second-order valence-corrected chi connectivity index (χ2v) is 7.78. The van der Waals surface area contributed by atoms with E-state index >= 15 is 0 Å². The number of thiophene rings is 1. The van der Waals surface area contributed by atoms with Crippen molar-refractivity contribution in [3.63, 3.8) is 0 Å². The quantitative estimate of drug-likeness (QED) is 0.756. The number of aromatic nitrogens is 2. The first-order chi connectivity index (χ1) is 13.1. The number of benzene rings is 1. The molecule has 3 aromatic rings. The van der Waals surface area contributed by atoms with E-state index in [1.54, 1.807) is 19.2 Å². The maximum Gasteiger partial charge on any atom is 0.266 e. The zero-order valence-electron chi connectivity index (χ0n) is 15.2. The number of nitrogens with zero attached hydrogens (tertiary/aromatic N) is 2. The minimum atomic E-state index is -0.160. The van der Waals surface area contributed by atoms with E-state index in [2.05, 4.69) is 15.8 Å². The maximum atomic E-state index is 12.6. The van der Waals surface area contributed by atoms with Gasteiger partial charge in [-0.25, -0.2) is 4.68 Å². The molecule has 0 bridgehead atoms. The average molecular weight is 379 g/mol. The van der Waals surface area contributed by atoms with E-state index in [9.17, 15) is 9.59 Å². The van der Waals surface area contributed by atoms with E-state index in [1.165, 1.54) is 46.0 Å². The van der Waals surface area contributed by atoms with Crippen LogP contribution < -0.4 is 10.9 Å². The van der Waals surface area contributed by atoms with Gasteiger partial charge in [0, 0.05) is 35.7 Å². The highest BCUT2D eigenvalue weighted by Crippen LogP contribution is 2.30. The Morgan fingerprint density at radius 3 is 2.93 bits per heavy atom. The topological polar surface area (TPSA) is 64.0 Å². The summed E-state index contributed by atoms with van der Waals surface area (Å²) in [6.45, 7) is 0.562. The van der Waals surface area contributed by atoms with Crippen molar-refractivity contribution < 1.29 is 4.79 Å². The highest BCUT2D eigenvalue weighted by atomic mass is 32.1. The molecule has 1 aliphatic rings. The lowest BCUT2D eigenvalue weighted by atomic mass is 9.96. The molecular formula is C21H21N3O2S. The lowest BCUT2D eigenvalue weighted by molar-refractivity contribution is 0.0951. The molecule has 6 heteroatoms. The fourth-order valence-electron chi connectivity index (χ4n) is 3.46. The number of hydrogen-bond acceptors (Lipinski definition) is 4. The second-order valence-electron chi connectivity index (χ2n) is 6.81. The van der Waals surface area contributed by atoms with Crippen LogP contribution in [0.15, 0.2) is 46.6 Å². The predicted octanol–water partition coefficient (Wildman–Crippen LogP) is 3.32. The van der Waals surface area contributed by atoms with Crippen LogP contribution in [-0.2, 0) is 26.4 Å². The maximum absolute atomic E-state index is 12.6. The molecule has 1 amide bonds. The lowest BCUT2D eigenvalue weighted by Gasteiger charge is -2.13. The van der Waals surface area contributed by atoms with Gasteiger partial charge in [-0.3, -0.25) is 9.59 Å². The molecule has 27 heavy (non-hydrogen) atoms. The van der Waals surface area contributed by atoms with Gasteiger partial charge in [-0.05, 0) is 60.4 Å². The summed E-state index contributed by atoms with van der Waals surface area (Å²) in [5, 5.41) is 9.48. The van der Waals surface area contributed by atoms with Gasteiger partial charge in [-0.2, -0.15) is 5.10 Å². The van der Waals surface area contributed by atoms with Crippen molar-refractivity contribution in [3.05, 3.63) is 73.7 Å². The third kappa shape index (κ3) is 3.71. The molecule has 0 atom stereocenters. The molecule has 0 fully saturated rings. The molecule has 2 aromatic heterocycles. The molecule has 0 spiro atoms. The molecule has 0 radical (unpaired) electrons. The van der Waals surface area contributed by atoms with Gasteiger partial charge in [0.05, 0.1) is 5.69 Å². The Balaban J connectivity index is 1.50. The summed E-state index contributed by atoms with van der Waals surface area (Å²) in [5.74, 6) is -0.0996. The smallest absolute Gasteiger partial charge is 0.266 e. The SMILES string of the molecule is Cn1nc(-c2cccc(C(=O)NCc3csc4c3CCCC4)c2)ccc1=O. The van der Waals surface area contributed by atoms with Crippen molar-refractivity contribution in [1.82, 2.24) is 15.1 Å². The van der Waals surface area contributed by atoms with Gasteiger partial charge in [0.15, 0.2) is 0 Å². The number of amides is 1. The second kappa shape index (κ2) is 7.48. The molecule has 0 saturated heterocycles. The zero-order valence-corrected chi connectivity index (χ0v) is 16.0. The van der Waals surface area contributed by atoms with Crippen LogP contribution in [0.2, 0.25) is 0 Å². The molecule has 0 unspecified atom stereocenters. The van der Waals surface area contributed by atoms with Crippen molar-refractivity contribution in [1.29, 1.82) is 0 Å². The Kier molecular flexibility index (Phi) is 4.90. The average Bonchev–Trinajstić information content (AvgIpc) is 3.11. The van der Waals surface area contributed by atoms with E-state index < -0.39 is 0 Å². The van der Waals surface area contributed by atoms with Crippen molar-refractivity contribution in [2.45, 2.75) is 32.2 Å². The van der Waals surface area contributed by atoms with E-state index in [-0.39, 0.29) is 11.5 Å². The van der Waals surface area contributed by atoms with Gasteiger partial charge in [-0.1, -0.05) is 12.1 Å². The fraction of sp³-hybridized carbons (Fsp3) is 0.286. The summed E-state index contributed by atoms with van der Waals surface area (Å²) in [7, 11) is 1.62. The third-order valence-corrected chi connectivity index (χ3v) is 6.11. The van der Waals surface area contributed by atoms with Crippen LogP contribution in [0.1, 0.15) is 39.2 Å². The summed E-state index contributed by atoms with van der Waals surface area (Å²) in [5.41, 5.74) is 4.59. The molecular weight excluding hydrogens is 358 g/mol. The molecule has 4 rings (SSSR count). The van der Waals surface area contributed by atoms with Crippen LogP contribution >= 0.6 is 11.3 Å². The van der Waals surface area contributed by atoms with E-state index in [0.717, 1.165) is 12.0 Å². The lowest BCUT2D eigenvalue weighted by Crippen LogP contribution is -2.23. The molecule has 0 aliphatic heterocycles. The Labute approximate surface area is 161 Å². The summed E-state index contributed by atoms with van der Waals surface area (Å²) in [4.78, 5) is 25.6. The zero-order chi connectivity index (χ0) is 18.8. The first-order valence-electron chi connectivity index (χ1n) is 9.13. The Bertz CT molecular complexity index is 1050. The first kappa shape index (κ1) is 17.7. The van der Waals surface area contributed by atoms with Gasteiger partial charge in [0.1, 0.15) is 0 Å². The summed E-state index contributed by atoms with van der Waals surface area (Å²) >= 11 is 1.81. The van der Waals surface area contributed by atoms with Crippen molar-refractivity contribution >= 4 is 17.2 Å². The number of aryl methyl sites for hydroxylation is 2. The van der Waals surface area contributed by atoms with Crippen LogP contribution in [-0.4, -0.2) is 15.7 Å². The van der Waals surface area contributed by atoms with Gasteiger partial charge < -0.3 is 5.32 Å². The van der Waals surface area contributed by atoms with Crippen LogP contribution in [0.5, 0.6) is 0 Å². The molecule has 5 nitrogen and oxygen atoms in total. The Morgan fingerprint density at radius 1 is 1.22 bits per heavy atom. The minimum absolute atomic E-state index is 0.0996. The molecule has 1 aliphatic carbocycles. The van der Waals surface area contributed by atoms with E-state index in [1.807, 2.05) is 29.5 Å². The third-order valence-electron chi connectivity index (χ3n) is 4.97. The first-order valence-corrected chi connectivity index (χ1v) is 10.0. The Morgan fingerprint density at radius 2 is 2.07 bits per heavy atom. The largest absolute Gasteiger partial charge is 0.348 e. The monoisotopic (exact) mass is 379 g/mol. The number of rotatable bonds is 4. The standard InChI is InChI=1S/C21H21N3O2S/c1-24-20(25)10-9-18(23-24)14-5-4-6-15(11-14)21(26)22-12-16-13-27-19-8-3-2-7-17(16)19/h4-6,9-11,13H,2-3,7-8,12H2,1H3,(H,22,26). The van der Waals surface area contributed by atoms with Gasteiger partial charge >= 0.3 is 0 Å². The number of fused-ring (bicyclic) bond motifs is 1. The van der Waals surface area contributed by atoms with E-state index in [0.29, 0.717) is 17.8 Å². The van der Waals surface area contributed by atoms with Gasteiger partial charge in [0.2, 0.25) is 0 Å². The minimum Gasteiger partial charge on any atom is -0.348 e. The van der Waals surface area contributed by atoms with Crippen LogP contribution in [0.4, 0.5) is 0 Å². The van der Waals surface area contributed by atoms with Crippen molar-refractivity contribution in [2.75, 3.05) is 0 Å². The van der Waals surface area contributed by atoms with Crippen LogP contribution in [0.3, 0.4) is 0 Å². The van der Waals surface area contributed by atoms with Crippen molar-refractivity contribution in [3.8, 4) is 11.3 Å². The normalized spacial score (nSPS) is 13.2. The molecule has 1 aromatic carbocycles. The van der Waals surface area contributed by atoms with E-state index in [4.69, 9.17) is 0 Å². The summed E-state index contributed by atoms with van der Waals surface area (Å²) in [6.07, 6.45) is 4.80. The molecule has 0 saturated carbocycles.